The monoisotopic (exact) mass is 360 g/mol. The summed E-state index contributed by atoms with van der Waals surface area (Å²) in [4.78, 5) is 12.3. The molecule has 2 aliphatic rings. The molecule has 3 rings (SSSR count). The molecule has 0 spiro atoms. The average Bonchev–Trinajstić information content (AvgIpc) is 2.91. The van der Waals surface area contributed by atoms with Gasteiger partial charge in [0.1, 0.15) is 5.75 Å². The Kier molecular flexibility index (Phi) is 5.08. The van der Waals surface area contributed by atoms with E-state index >= 15 is 0 Å². The van der Waals surface area contributed by atoms with E-state index < -0.39 is 6.10 Å². The highest BCUT2D eigenvalue weighted by Crippen LogP contribution is 2.57. The van der Waals surface area contributed by atoms with E-state index in [1.807, 2.05) is 13.0 Å². The first-order valence-electron chi connectivity index (χ1n) is 9.77. The second-order valence-electron chi connectivity index (χ2n) is 8.84. The number of aryl methyl sites for hydroxylation is 1. The number of aliphatic hydroxyl groups excluding tert-OH is 1. The summed E-state index contributed by atoms with van der Waals surface area (Å²) >= 11 is 0. The largest absolute Gasteiger partial charge is 0.508 e. The van der Waals surface area contributed by atoms with Crippen molar-refractivity contribution < 1.29 is 19.7 Å². The molecule has 1 fully saturated rings. The number of benzene rings is 1. The number of phenolic OH excluding ortho intramolecular Hbond substituents is 1. The number of fused-ring (bicyclic) bond motifs is 1. The molecule has 0 radical (unpaired) electrons. The molecule has 3 unspecified atom stereocenters. The first-order valence-corrected chi connectivity index (χ1v) is 9.77. The van der Waals surface area contributed by atoms with Crippen LogP contribution in [0.1, 0.15) is 62.6 Å². The summed E-state index contributed by atoms with van der Waals surface area (Å²) in [6, 6.07) is 3.71. The van der Waals surface area contributed by atoms with Crippen molar-refractivity contribution in [2.45, 2.75) is 65.4 Å². The van der Waals surface area contributed by atoms with Crippen LogP contribution in [0.15, 0.2) is 12.1 Å². The molecule has 0 amide bonds. The molecule has 1 aromatic carbocycles. The molecule has 0 aliphatic heterocycles. The summed E-state index contributed by atoms with van der Waals surface area (Å²) in [6.07, 6.45) is 3.09. The van der Waals surface area contributed by atoms with Gasteiger partial charge in [-0.2, -0.15) is 0 Å². The molecule has 2 aliphatic carbocycles. The zero-order chi connectivity index (χ0) is 19.2. The van der Waals surface area contributed by atoms with Gasteiger partial charge in [-0.05, 0) is 79.5 Å². The summed E-state index contributed by atoms with van der Waals surface area (Å²) in [5.41, 5.74) is 3.09. The van der Waals surface area contributed by atoms with Gasteiger partial charge in [-0.25, -0.2) is 0 Å². The van der Waals surface area contributed by atoms with Gasteiger partial charge in [0.05, 0.1) is 19.1 Å². The summed E-state index contributed by atoms with van der Waals surface area (Å²) < 4.78 is 5.05. The van der Waals surface area contributed by atoms with Crippen LogP contribution in [0.2, 0.25) is 0 Å². The van der Waals surface area contributed by atoms with Gasteiger partial charge in [0.25, 0.3) is 0 Å². The van der Waals surface area contributed by atoms with Crippen molar-refractivity contribution in [2.75, 3.05) is 7.11 Å². The fourth-order valence-electron chi connectivity index (χ4n) is 5.93. The van der Waals surface area contributed by atoms with E-state index in [0.717, 1.165) is 42.4 Å². The molecule has 5 atom stereocenters. The van der Waals surface area contributed by atoms with Crippen molar-refractivity contribution in [2.24, 2.45) is 23.2 Å². The number of carbonyl (C=O) groups is 1. The third kappa shape index (κ3) is 2.92. The molecule has 0 saturated heterocycles. The fraction of sp³-hybridized carbons (Fsp3) is 0.682. The minimum absolute atomic E-state index is 0.00785. The molecular formula is C22H32O4. The standard InChI is InChI=1S/C22H32O4/c1-12-6-11-18(24)15-8-7-14(20(13(2)23)19(12)15)16-9-10-17(21(25)26-5)22(16,3)4/h6,11,13-14,16-17,20,23-24H,7-10H2,1-5H3/t13-,14?,16?,17+,20?/m0/s1. The van der Waals surface area contributed by atoms with E-state index in [9.17, 15) is 15.0 Å². The highest BCUT2D eigenvalue weighted by Gasteiger charge is 2.52. The summed E-state index contributed by atoms with van der Waals surface area (Å²) in [6.45, 7) is 8.27. The van der Waals surface area contributed by atoms with E-state index in [1.165, 1.54) is 7.11 Å². The Morgan fingerprint density at radius 3 is 2.58 bits per heavy atom. The van der Waals surface area contributed by atoms with Crippen LogP contribution in [0.25, 0.3) is 0 Å². The van der Waals surface area contributed by atoms with Crippen molar-refractivity contribution in [1.29, 1.82) is 0 Å². The molecule has 2 N–H and O–H groups in total. The second kappa shape index (κ2) is 6.88. The summed E-state index contributed by atoms with van der Waals surface area (Å²) in [5, 5.41) is 21.0. The van der Waals surface area contributed by atoms with E-state index in [1.54, 1.807) is 6.07 Å². The van der Waals surface area contributed by atoms with Crippen molar-refractivity contribution in [1.82, 2.24) is 0 Å². The Labute approximate surface area is 156 Å². The van der Waals surface area contributed by atoms with Crippen LogP contribution in [-0.2, 0) is 16.0 Å². The molecule has 4 heteroatoms. The van der Waals surface area contributed by atoms with E-state index in [-0.39, 0.29) is 23.2 Å². The summed E-state index contributed by atoms with van der Waals surface area (Å²) in [5.74, 6) is 0.781. The highest BCUT2D eigenvalue weighted by atomic mass is 16.5. The first-order chi connectivity index (χ1) is 12.2. The zero-order valence-electron chi connectivity index (χ0n) is 16.6. The van der Waals surface area contributed by atoms with Gasteiger partial charge >= 0.3 is 5.97 Å². The maximum absolute atomic E-state index is 12.3. The van der Waals surface area contributed by atoms with Gasteiger partial charge in [-0.3, -0.25) is 4.79 Å². The van der Waals surface area contributed by atoms with Crippen molar-refractivity contribution in [3.05, 3.63) is 28.8 Å². The number of esters is 1. The molecule has 4 nitrogen and oxygen atoms in total. The van der Waals surface area contributed by atoms with Crippen LogP contribution in [0.5, 0.6) is 5.75 Å². The van der Waals surface area contributed by atoms with E-state index in [4.69, 9.17) is 4.74 Å². The van der Waals surface area contributed by atoms with Gasteiger partial charge in [-0.1, -0.05) is 19.9 Å². The predicted octanol–water partition coefficient (Wildman–Crippen LogP) is 3.95. The van der Waals surface area contributed by atoms with Crippen LogP contribution >= 0.6 is 0 Å². The van der Waals surface area contributed by atoms with E-state index in [2.05, 4.69) is 20.8 Å². The Morgan fingerprint density at radius 2 is 1.96 bits per heavy atom. The Hall–Kier alpha value is -1.55. The first kappa shape index (κ1) is 19.2. The number of carbonyl (C=O) groups excluding carboxylic acids is 1. The van der Waals surface area contributed by atoms with Crippen LogP contribution in [0.3, 0.4) is 0 Å². The lowest BCUT2D eigenvalue weighted by atomic mass is 9.60. The molecule has 0 heterocycles. The van der Waals surface area contributed by atoms with E-state index in [0.29, 0.717) is 17.6 Å². The fourth-order valence-corrected chi connectivity index (χ4v) is 5.93. The molecule has 1 aromatic rings. The normalized spacial score (nSPS) is 31.3. The van der Waals surface area contributed by atoms with Gasteiger partial charge in [0.2, 0.25) is 0 Å². The number of hydrogen-bond donors (Lipinski definition) is 2. The van der Waals surface area contributed by atoms with Crippen molar-refractivity contribution in [3.8, 4) is 5.75 Å². The highest BCUT2D eigenvalue weighted by molar-refractivity contribution is 5.73. The average molecular weight is 360 g/mol. The smallest absolute Gasteiger partial charge is 0.309 e. The second-order valence-corrected chi connectivity index (χ2v) is 8.84. The molecule has 0 aromatic heterocycles. The Morgan fingerprint density at radius 1 is 1.27 bits per heavy atom. The van der Waals surface area contributed by atoms with Gasteiger partial charge in [-0.15, -0.1) is 0 Å². The predicted molar refractivity (Wildman–Crippen MR) is 101 cm³/mol. The number of ether oxygens (including phenoxy) is 1. The quantitative estimate of drug-likeness (QED) is 0.801. The number of methoxy groups -OCH3 is 1. The Bertz CT molecular complexity index is 692. The van der Waals surface area contributed by atoms with Gasteiger partial charge < -0.3 is 14.9 Å². The lowest BCUT2D eigenvalue weighted by Crippen LogP contribution is -2.40. The lowest BCUT2D eigenvalue weighted by Gasteiger charge is -2.45. The molecule has 26 heavy (non-hydrogen) atoms. The number of hydrogen-bond acceptors (Lipinski definition) is 4. The maximum atomic E-state index is 12.3. The van der Waals surface area contributed by atoms with Crippen molar-refractivity contribution in [3.63, 3.8) is 0 Å². The number of aromatic hydroxyl groups is 1. The lowest BCUT2D eigenvalue weighted by molar-refractivity contribution is -0.149. The SMILES string of the molecule is COC(=O)[C@H]1CCC(C2CCc3c(O)ccc(C)c3C2[C@H](C)O)C1(C)C. The minimum atomic E-state index is -0.493. The van der Waals surface area contributed by atoms with Crippen LogP contribution in [0.4, 0.5) is 0 Å². The summed E-state index contributed by atoms with van der Waals surface area (Å²) in [7, 11) is 1.47. The molecular weight excluding hydrogens is 328 g/mol. The van der Waals surface area contributed by atoms with Gasteiger partial charge in [0, 0.05) is 5.92 Å². The van der Waals surface area contributed by atoms with Crippen LogP contribution in [0, 0.1) is 30.1 Å². The van der Waals surface area contributed by atoms with Crippen LogP contribution < -0.4 is 0 Å². The zero-order valence-corrected chi connectivity index (χ0v) is 16.6. The third-order valence-corrected chi connectivity index (χ3v) is 7.21. The third-order valence-electron chi connectivity index (χ3n) is 7.21. The van der Waals surface area contributed by atoms with Crippen LogP contribution in [-0.4, -0.2) is 29.4 Å². The number of aliphatic hydroxyl groups is 1. The van der Waals surface area contributed by atoms with Crippen molar-refractivity contribution >= 4 is 5.97 Å². The topological polar surface area (TPSA) is 66.8 Å². The number of phenols is 1. The number of rotatable bonds is 3. The van der Waals surface area contributed by atoms with Gasteiger partial charge in [0.15, 0.2) is 0 Å². The Balaban J connectivity index is 2.01. The minimum Gasteiger partial charge on any atom is -0.508 e. The molecule has 0 bridgehead atoms. The molecule has 1 saturated carbocycles. The maximum Gasteiger partial charge on any atom is 0.309 e. The molecule has 144 valence electrons.